The summed E-state index contributed by atoms with van der Waals surface area (Å²) in [7, 11) is 0. The molecule has 0 radical (unpaired) electrons. The molecular formula is C7H8BrF2NOS. The van der Waals surface area contributed by atoms with Crippen LogP contribution in [0.15, 0.2) is 15.9 Å². The molecule has 6 heteroatoms. The predicted octanol–water partition coefficient (Wildman–Crippen LogP) is 2.14. The lowest BCUT2D eigenvalue weighted by Gasteiger charge is -2.19. The minimum Gasteiger partial charge on any atom is -0.390 e. The molecule has 1 rings (SSSR count). The number of aliphatic hydroxyl groups excluding tert-OH is 1. The molecule has 1 aromatic heterocycles. The van der Waals surface area contributed by atoms with E-state index < -0.39 is 18.6 Å². The number of halogens is 3. The van der Waals surface area contributed by atoms with Crippen LogP contribution in [0.1, 0.15) is 10.9 Å². The van der Waals surface area contributed by atoms with Gasteiger partial charge in [-0.1, -0.05) is 0 Å². The van der Waals surface area contributed by atoms with E-state index in [-0.39, 0.29) is 0 Å². The lowest BCUT2D eigenvalue weighted by atomic mass is 10.1. The Kier molecular flexibility index (Phi) is 3.39. The summed E-state index contributed by atoms with van der Waals surface area (Å²) in [4.78, 5) is 0.353. The van der Waals surface area contributed by atoms with Gasteiger partial charge in [0.2, 0.25) is 0 Å². The minimum absolute atomic E-state index is 0.353. The van der Waals surface area contributed by atoms with Gasteiger partial charge in [-0.2, -0.15) is 0 Å². The molecule has 1 atom stereocenters. The van der Waals surface area contributed by atoms with Gasteiger partial charge in [0.05, 0.1) is 0 Å². The van der Waals surface area contributed by atoms with Crippen LogP contribution in [0, 0.1) is 0 Å². The third-order valence-corrected chi connectivity index (χ3v) is 3.34. The van der Waals surface area contributed by atoms with E-state index in [1.807, 2.05) is 0 Å². The molecule has 0 bridgehead atoms. The first-order valence-electron chi connectivity index (χ1n) is 3.45. The van der Waals surface area contributed by atoms with Crippen LogP contribution in [0.5, 0.6) is 0 Å². The summed E-state index contributed by atoms with van der Waals surface area (Å²) in [6.45, 7) is -1.23. The van der Waals surface area contributed by atoms with E-state index in [1.165, 1.54) is 6.07 Å². The van der Waals surface area contributed by atoms with E-state index in [2.05, 4.69) is 15.9 Å². The Morgan fingerprint density at radius 1 is 1.69 bits per heavy atom. The van der Waals surface area contributed by atoms with Gasteiger partial charge in [-0.05, 0) is 22.0 Å². The van der Waals surface area contributed by atoms with Gasteiger partial charge in [0, 0.05) is 14.7 Å². The van der Waals surface area contributed by atoms with Crippen LogP contribution < -0.4 is 5.73 Å². The van der Waals surface area contributed by atoms with Gasteiger partial charge in [0.1, 0.15) is 12.6 Å². The Morgan fingerprint density at radius 2 is 2.31 bits per heavy atom. The zero-order valence-corrected chi connectivity index (χ0v) is 8.91. The van der Waals surface area contributed by atoms with E-state index in [4.69, 9.17) is 10.8 Å². The molecule has 2 nitrogen and oxygen atoms in total. The highest BCUT2D eigenvalue weighted by Gasteiger charge is 2.38. The lowest BCUT2D eigenvalue weighted by molar-refractivity contribution is -0.0703. The normalized spacial score (nSPS) is 14.5. The smallest absolute Gasteiger partial charge is 0.290 e. The number of hydrogen-bond acceptors (Lipinski definition) is 3. The van der Waals surface area contributed by atoms with Crippen LogP contribution >= 0.6 is 27.3 Å². The number of hydrogen-bond donors (Lipinski definition) is 2. The van der Waals surface area contributed by atoms with E-state index in [1.54, 1.807) is 5.38 Å². The fourth-order valence-corrected chi connectivity index (χ4v) is 2.31. The van der Waals surface area contributed by atoms with Crippen LogP contribution in [0.2, 0.25) is 0 Å². The molecule has 0 fully saturated rings. The predicted molar refractivity (Wildman–Crippen MR) is 51.0 cm³/mol. The molecule has 0 aliphatic carbocycles. The fourth-order valence-electron chi connectivity index (χ4n) is 0.798. The molecule has 0 amide bonds. The second kappa shape index (κ2) is 4.00. The van der Waals surface area contributed by atoms with Gasteiger partial charge in [0.25, 0.3) is 5.92 Å². The Bertz CT molecular complexity index is 292. The second-order valence-corrected chi connectivity index (χ2v) is 4.42. The van der Waals surface area contributed by atoms with Crippen molar-refractivity contribution < 1.29 is 13.9 Å². The average Bonchev–Trinajstić information content (AvgIpc) is 2.50. The van der Waals surface area contributed by atoms with Gasteiger partial charge in [-0.15, -0.1) is 11.3 Å². The molecule has 1 aromatic rings. The van der Waals surface area contributed by atoms with E-state index in [0.29, 0.717) is 4.88 Å². The van der Waals surface area contributed by atoms with Gasteiger partial charge in [-0.3, -0.25) is 0 Å². The molecule has 13 heavy (non-hydrogen) atoms. The van der Waals surface area contributed by atoms with Gasteiger partial charge in [0.15, 0.2) is 0 Å². The highest BCUT2D eigenvalue weighted by atomic mass is 79.9. The maximum atomic E-state index is 12.9. The molecule has 1 heterocycles. The SMILES string of the molecule is N[C@@H](c1cc(Br)cs1)C(F)(F)CO. The van der Waals surface area contributed by atoms with Crippen molar-refractivity contribution in [3.8, 4) is 0 Å². The van der Waals surface area contributed by atoms with Crippen LogP contribution in [0.4, 0.5) is 8.78 Å². The molecule has 0 aromatic carbocycles. The fraction of sp³-hybridized carbons (Fsp3) is 0.429. The maximum absolute atomic E-state index is 12.9. The Morgan fingerprint density at radius 3 is 2.69 bits per heavy atom. The standard InChI is InChI=1S/C7H8BrF2NOS/c8-4-1-5(13-2-4)6(11)7(9,10)3-12/h1-2,6,12H,3,11H2/t6-/m0/s1. The molecule has 0 aliphatic heterocycles. The number of rotatable bonds is 3. The lowest BCUT2D eigenvalue weighted by Crippen LogP contribution is -2.35. The molecule has 74 valence electrons. The highest BCUT2D eigenvalue weighted by Crippen LogP contribution is 2.33. The van der Waals surface area contributed by atoms with E-state index >= 15 is 0 Å². The zero-order chi connectivity index (χ0) is 10.1. The Balaban J connectivity index is 2.84. The summed E-state index contributed by atoms with van der Waals surface area (Å²) in [6.07, 6.45) is 0. The van der Waals surface area contributed by atoms with Crippen LogP contribution in [0.3, 0.4) is 0 Å². The van der Waals surface area contributed by atoms with Crippen molar-refractivity contribution in [1.82, 2.24) is 0 Å². The Labute approximate surface area is 86.5 Å². The van der Waals surface area contributed by atoms with Crippen molar-refractivity contribution in [3.63, 3.8) is 0 Å². The van der Waals surface area contributed by atoms with Crippen LogP contribution in [-0.4, -0.2) is 17.6 Å². The molecular weight excluding hydrogens is 264 g/mol. The topological polar surface area (TPSA) is 46.2 Å². The maximum Gasteiger partial charge on any atom is 0.290 e. The van der Waals surface area contributed by atoms with E-state index in [0.717, 1.165) is 15.8 Å². The van der Waals surface area contributed by atoms with E-state index in [9.17, 15) is 8.78 Å². The summed E-state index contributed by atoms with van der Waals surface area (Å²) in [5.74, 6) is -3.26. The highest BCUT2D eigenvalue weighted by molar-refractivity contribution is 9.10. The van der Waals surface area contributed by atoms with Crippen LogP contribution in [-0.2, 0) is 0 Å². The summed E-state index contributed by atoms with van der Waals surface area (Å²) in [5.41, 5.74) is 5.28. The van der Waals surface area contributed by atoms with Crippen molar-refractivity contribution >= 4 is 27.3 Å². The summed E-state index contributed by atoms with van der Waals surface area (Å²) >= 11 is 4.27. The van der Waals surface area contributed by atoms with Gasteiger partial charge < -0.3 is 10.8 Å². The number of alkyl halides is 2. The number of nitrogens with two attached hydrogens (primary N) is 1. The first-order chi connectivity index (χ1) is 5.97. The third kappa shape index (κ3) is 2.46. The van der Waals surface area contributed by atoms with Crippen molar-refractivity contribution in [2.75, 3.05) is 6.61 Å². The Hall–Kier alpha value is -0.0400. The largest absolute Gasteiger partial charge is 0.390 e. The van der Waals surface area contributed by atoms with Crippen molar-refractivity contribution in [2.45, 2.75) is 12.0 Å². The summed E-state index contributed by atoms with van der Waals surface area (Å²) < 4.78 is 26.4. The number of aliphatic hydroxyl groups is 1. The van der Waals surface area contributed by atoms with Crippen molar-refractivity contribution in [3.05, 3.63) is 20.8 Å². The second-order valence-electron chi connectivity index (χ2n) is 2.56. The van der Waals surface area contributed by atoms with Gasteiger partial charge in [-0.25, -0.2) is 8.78 Å². The molecule has 0 saturated carbocycles. The first kappa shape index (κ1) is 11.0. The zero-order valence-electron chi connectivity index (χ0n) is 6.51. The molecule has 0 aliphatic rings. The summed E-state index contributed by atoms with van der Waals surface area (Å²) in [6, 6.07) is 0.0904. The quantitative estimate of drug-likeness (QED) is 0.885. The minimum atomic E-state index is -3.26. The monoisotopic (exact) mass is 271 g/mol. The third-order valence-electron chi connectivity index (χ3n) is 1.56. The molecule has 0 saturated heterocycles. The van der Waals surface area contributed by atoms with Crippen molar-refractivity contribution in [2.24, 2.45) is 5.73 Å². The van der Waals surface area contributed by atoms with Gasteiger partial charge >= 0.3 is 0 Å². The summed E-state index contributed by atoms with van der Waals surface area (Å²) in [5, 5.41) is 10.1. The van der Waals surface area contributed by atoms with Crippen molar-refractivity contribution in [1.29, 1.82) is 0 Å². The average molecular weight is 272 g/mol. The molecule has 0 unspecified atom stereocenters. The first-order valence-corrected chi connectivity index (χ1v) is 5.13. The molecule has 0 spiro atoms. The van der Waals surface area contributed by atoms with Crippen LogP contribution in [0.25, 0.3) is 0 Å². The molecule has 3 N–H and O–H groups in total. The number of thiophene rings is 1.